The molecular weight excluding hydrogens is 388 g/mol. The summed E-state index contributed by atoms with van der Waals surface area (Å²) in [4.78, 5) is 29.7. The molecule has 0 amide bonds. The molecule has 0 aromatic heterocycles. The standard InChI is InChI=1S/C21H24N4O5/c1-29-18-11-14(7-8-19(27)28)20-16(25(24-18)30-2)9-15(10-17(20)26)12-3-5-13(6-4-12)21(22)23/h3-6,9,11,14,24H,7-8,10H2,1-2H3,(H3,22,23)(H,27,28). The molecule has 30 heavy (non-hydrogen) atoms. The van der Waals surface area contributed by atoms with E-state index in [-0.39, 0.29) is 30.9 Å². The van der Waals surface area contributed by atoms with Gasteiger partial charge in [0.2, 0.25) is 5.88 Å². The van der Waals surface area contributed by atoms with Crippen LogP contribution in [-0.4, -0.2) is 42.1 Å². The van der Waals surface area contributed by atoms with E-state index in [1.54, 1.807) is 18.2 Å². The molecule has 2 aliphatic rings. The van der Waals surface area contributed by atoms with E-state index in [4.69, 9.17) is 25.8 Å². The molecule has 9 nitrogen and oxygen atoms in total. The Morgan fingerprint density at radius 3 is 2.60 bits per heavy atom. The number of carboxylic acids is 1. The molecule has 3 rings (SSSR count). The Morgan fingerprint density at radius 2 is 2.03 bits per heavy atom. The lowest BCUT2D eigenvalue weighted by Gasteiger charge is -2.28. The van der Waals surface area contributed by atoms with Crippen LogP contribution in [0.1, 0.15) is 30.4 Å². The number of Topliss-reactive ketones (excluding diaryl/α,β-unsaturated/α-hetero) is 1. The Balaban J connectivity index is 2.05. The molecule has 1 aromatic carbocycles. The van der Waals surface area contributed by atoms with Gasteiger partial charge in [-0.2, -0.15) is 5.17 Å². The van der Waals surface area contributed by atoms with Crippen molar-refractivity contribution in [2.24, 2.45) is 11.7 Å². The van der Waals surface area contributed by atoms with Crippen molar-refractivity contribution < 1.29 is 24.3 Å². The number of nitrogens with two attached hydrogens (primary N) is 1. The molecule has 0 saturated heterocycles. The Hall–Kier alpha value is -3.59. The third-order valence-corrected chi connectivity index (χ3v) is 5.03. The number of aliphatic carboxylic acids is 1. The van der Waals surface area contributed by atoms with Crippen molar-refractivity contribution in [3.63, 3.8) is 0 Å². The van der Waals surface area contributed by atoms with Crippen LogP contribution in [0.4, 0.5) is 0 Å². The summed E-state index contributed by atoms with van der Waals surface area (Å²) < 4.78 is 5.32. The number of carbonyl (C=O) groups is 2. The van der Waals surface area contributed by atoms with E-state index < -0.39 is 11.9 Å². The van der Waals surface area contributed by atoms with E-state index >= 15 is 0 Å². The number of nitrogens with one attached hydrogen (secondary N) is 2. The summed E-state index contributed by atoms with van der Waals surface area (Å²) in [6.07, 6.45) is 3.88. The molecule has 0 spiro atoms. The van der Waals surface area contributed by atoms with Gasteiger partial charge in [0.15, 0.2) is 5.78 Å². The Kier molecular flexibility index (Phi) is 6.22. The molecular formula is C21H24N4O5. The van der Waals surface area contributed by atoms with Crippen molar-refractivity contribution in [2.75, 3.05) is 14.2 Å². The lowest BCUT2D eigenvalue weighted by Crippen LogP contribution is -2.36. The van der Waals surface area contributed by atoms with Crippen LogP contribution in [0, 0.1) is 11.3 Å². The van der Waals surface area contributed by atoms with E-state index in [0.717, 1.165) is 11.1 Å². The Morgan fingerprint density at radius 1 is 1.33 bits per heavy atom. The zero-order chi connectivity index (χ0) is 21.8. The molecule has 9 heteroatoms. The number of ketones is 1. The number of nitrogens with zero attached hydrogens (tertiary/aromatic N) is 1. The number of carboxylic acid groups (broad SMARTS) is 1. The highest BCUT2D eigenvalue weighted by Crippen LogP contribution is 2.37. The van der Waals surface area contributed by atoms with Gasteiger partial charge in [-0.05, 0) is 29.7 Å². The van der Waals surface area contributed by atoms with Gasteiger partial charge in [0, 0.05) is 29.9 Å². The number of ether oxygens (including phenoxy) is 1. The largest absolute Gasteiger partial charge is 0.482 e. The lowest BCUT2D eigenvalue weighted by molar-refractivity contribution is -0.140. The maximum atomic E-state index is 13.2. The van der Waals surface area contributed by atoms with E-state index in [0.29, 0.717) is 22.7 Å². The summed E-state index contributed by atoms with van der Waals surface area (Å²) in [7, 11) is 2.93. The molecule has 0 fully saturated rings. The van der Waals surface area contributed by atoms with Crippen LogP contribution in [0.3, 0.4) is 0 Å². The SMILES string of the molecule is COC1=CC(CCC(=O)O)C2=C(C=C(c3ccc(C(=N)N)cc3)CC2=O)N(OC)N1. The van der Waals surface area contributed by atoms with Gasteiger partial charge in [-0.1, -0.05) is 24.3 Å². The van der Waals surface area contributed by atoms with Gasteiger partial charge in [0.25, 0.3) is 0 Å². The first-order valence-electron chi connectivity index (χ1n) is 9.35. The third-order valence-electron chi connectivity index (χ3n) is 5.03. The fraction of sp³-hybridized carbons (Fsp3) is 0.286. The quantitative estimate of drug-likeness (QED) is 0.394. The topological polar surface area (TPSA) is 138 Å². The average Bonchev–Trinajstić information content (AvgIpc) is 2.88. The van der Waals surface area contributed by atoms with Crippen LogP contribution in [0.5, 0.6) is 0 Å². The number of hydroxylamine groups is 1. The fourth-order valence-corrected chi connectivity index (χ4v) is 3.55. The molecule has 158 valence electrons. The highest BCUT2D eigenvalue weighted by molar-refractivity contribution is 6.06. The van der Waals surface area contributed by atoms with Crippen LogP contribution >= 0.6 is 0 Å². The summed E-state index contributed by atoms with van der Waals surface area (Å²) in [5.41, 5.74) is 11.6. The number of carbonyl (C=O) groups excluding carboxylic acids is 1. The van der Waals surface area contributed by atoms with Gasteiger partial charge < -0.3 is 15.6 Å². The summed E-state index contributed by atoms with van der Waals surface area (Å²) in [6.45, 7) is 0. The molecule has 5 N–H and O–H groups in total. The fourth-order valence-electron chi connectivity index (χ4n) is 3.55. The van der Waals surface area contributed by atoms with Gasteiger partial charge in [-0.3, -0.25) is 19.8 Å². The van der Waals surface area contributed by atoms with Crippen LogP contribution in [0.2, 0.25) is 0 Å². The number of benzene rings is 1. The number of allylic oxidation sites excluding steroid dienone is 4. The van der Waals surface area contributed by atoms with Crippen molar-refractivity contribution in [3.05, 3.63) is 64.7 Å². The smallest absolute Gasteiger partial charge is 0.303 e. The van der Waals surface area contributed by atoms with Gasteiger partial charge in [-0.15, -0.1) is 0 Å². The third kappa shape index (κ3) is 4.36. The first-order chi connectivity index (χ1) is 14.3. The molecule has 1 aliphatic heterocycles. The number of hydrazine groups is 1. The average molecular weight is 412 g/mol. The maximum absolute atomic E-state index is 13.2. The van der Waals surface area contributed by atoms with E-state index in [1.165, 1.54) is 19.4 Å². The minimum atomic E-state index is -0.935. The van der Waals surface area contributed by atoms with Crippen molar-refractivity contribution in [1.82, 2.24) is 10.6 Å². The van der Waals surface area contributed by atoms with Gasteiger partial charge in [0.05, 0.1) is 19.9 Å². The molecule has 1 aliphatic carbocycles. The number of amidine groups is 1. The summed E-state index contributed by atoms with van der Waals surface area (Å²) >= 11 is 0. The summed E-state index contributed by atoms with van der Waals surface area (Å²) in [5, 5.41) is 18.0. The van der Waals surface area contributed by atoms with Crippen LogP contribution in [-0.2, 0) is 19.2 Å². The van der Waals surface area contributed by atoms with Crippen LogP contribution < -0.4 is 11.2 Å². The molecule has 0 bridgehead atoms. The van der Waals surface area contributed by atoms with E-state index in [9.17, 15) is 9.59 Å². The normalized spacial score (nSPS) is 18.7. The number of hydrogen-bond donors (Lipinski definition) is 4. The van der Waals surface area contributed by atoms with Crippen molar-refractivity contribution in [2.45, 2.75) is 19.3 Å². The Bertz CT molecular complexity index is 962. The zero-order valence-electron chi connectivity index (χ0n) is 16.8. The minimum Gasteiger partial charge on any atom is -0.482 e. The number of rotatable bonds is 7. The summed E-state index contributed by atoms with van der Waals surface area (Å²) in [6, 6.07) is 7.08. The molecule has 0 radical (unpaired) electrons. The molecule has 0 saturated carbocycles. The maximum Gasteiger partial charge on any atom is 0.303 e. The molecule has 1 atom stereocenters. The predicted molar refractivity (Wildman–Crippen MR) is 110 cm³/mol. The Labute approximate surface area is 173 Å². The molecule has 1 heterocycles. The first kappa shape index (κ1) is 21.1. The summed E-state index contributed by atoms with van der Waals surface area (Å²) in [5.74, 6) is -1.17. The number of hydrogen-bond acceptors (Lipinski definition) is 7. The van der Waals surface area contributed by atoms with Crippen LogP contribution in [0.15, 0.2) is 53.6 Å². The zero-order valence-corrected chi connectivity index (χ0v) is 16.8. The van der Waals surface area contributed by atoms with Gasteiger partial charge in [-0.25, -0.2) is 5.43 Å². The first-order valence-corrected chi connectivity index (χ1v) is 9.35. The minimum absolute atomic E-state index is 0.0294. The number of methoxy groups -OCH3 is 1. The van der Waals surface area contributed by atoms with Gasteiger partial charge in [0.1, 0.15) is 5.84 Å². The molecule has 1 unspecified atom stereocenters. The predicted octanol–water partition coefficient (Wildman–Crippen LogP) is 1.93. The molecule has 1 aromatic rings. The van der Waals surface area contributed by atoms with Gasteiger partial charge >= 0.3 is 5.97 Å². The van der Waals surface area contributed by atoms with Crippen molar-refractivity contribution in [3.8, 4) is 0 Å². The van der Waals surface area contributed by atoms with Crippen molar-refractivity contribution in [1.29, 1.82) is 5.41 Å². The monoisotopic (exact) mass is 412 g/mol. The van der Waals surface area contributed by atoms with E-state index in [2.05, 4.69) is 5.43 Å². The van der Waals surface area contributed by atoms with Crippen LogP contribution in [0.25, 0.3) is 5.57 Å². The second-order valence-electron chi connectivity index (χ2n) is 6.92. The highest BCUT2D eigenvalue weighted by atomic mass is 16.7. The van der Waals surface area contributed by atoms with Crippen molar-refractivity contribution >= 4 is 23.2 Å². The van der Waals surface area contributed by atoms with E-state index in [1.807, 2.05) is 18.2 Å². The highest BCUT2D eigenvalue weighted by Gasteiger charge is 2.33. The number of nitrogen functional groups attached to an aromatic ring is 1. The second kappa shape index (κ2) is 8.83. The lowest BCUT2D eigenvalue weighted by atomic mass is 9.82. The second-order valence-corrected chi connectivity index (χ2v) is 6.92.